The summed E-state index contributed by atoms with van der Waals surface area (Å²) in [6, 6.07) is 13.5. The van der Waals surface area contributed by atoms with E-state index in [0.717, 1.165) is 35.4 Å². The Balaban J connectivity index is 0.00000210. The van der Waals surface area contributed by atoms with Gasteiger partial charge in [0.2, 0.25) is 6.54 Å². The molecule has 4 rings (SSSR count). The third kappa shape index (κ3) is 5.08. The van der Waals surface area contributed by atoms with Crippen LogP contribution in [0.3, 0.4) is 0 Å². The second-order valence-corrected chi connectivity index (χ2v) is 6.73. The maximum absolute atomic E-state index is 12.0. The number of aromatic hydroxyl groups is 1. The van der Waals surface area contributed by atoms with Gasteiger partial charge in [0, 0.05) is 18.5 Å². The summed E-state index contributed by atoms with van der Waals surface area (Å²) >= 11 is 0. The summed E-state index contributed by atoms with van der Waals surface area (Å²) in [7, 11) is 0. The highest BCUT2D eigenvalue weighted by atomic mass is 35.5. The van der Waals surface area contributed by atoms with Gasteiger partial charge in [0.1, 0.15) is 5.75 Å². The molecule has 3 aromatic rings. The zero-order chi connectivity index (χ0) is 17.9. The number of phenols is 1. The molecule has 1 saturated carbocycles. The molecule has 0 atom stereocenters. The molecule has 1 amide bonds. The van der Waals surface area contributed by atoms with E-state index < -0.39 is 0 Å². The van der Waals surface area contributed by atoms with Crippen molar-refractivity contribution < 1.29 is 26.9 Å². The number of hydrogen-bond acceptors (Lipinski definition) is 3. The lowest BCUT2D eigenvalue weighted by Crippen LogP contribution is -3.00. The van der Waals surface area contributed by atoms with Gasteiger partial charge in [0.25, 0.3) is 5.91 Å². The van der Waals surface area contributed by atoms with E-state index in [1.165, 1.54) is 0 Å². The standard InChI is InChI=1S/C20H20N4O2.ClH/c25-18-5-1-3-14(10-18)9-17-11-19(23-22-17)15-4-2-8-24(12-15)13-20(26)21-16-6-7-16;/h1-5,8,10-12,16H,6-7,9,13H2,(H2-,21,22,23,25,26);1H. The molecule has 27 heavy (non-hydrogen) atoms. The van der Waals surface area contributed by atoms with Crippen molar-refractivity contribution in [3.63, 3.8) is 0 Å². The third-order valence-electron chi connectivity index (χ3n) is 4.36. The van der Waals surface area contributed by atoms with Gasteiger partial charge < -0.3 is 22.8 Å². The van der Waals surface area contributed by atoms with Crippen LogP contribution >= 0.6 is 0 Å². The minimum atomic E-state index is 0. The first-order chi connectivity index (χ1) is 12.7. The summed E-state index contributed by atoms with van der Waals surface area (Å²) in [6.45, 7) is 0.314. The van der Waals surface area contributed by atoms with Gasteiger partial charge in [-0.25, -0.2) is 0 Å². The van der Waals surface area contributed by atoms with Crippen LogP contribution in [0.25, 0.3) is 11.3 Å². The Kier molecular flexibility index (Phi) is 5.76. The Morgan fingerprint density at radius 1 is 1.26 bits per heavy atom. The number of nitrogens with zero attached hydrogens (tertiary/aromatic N) is 2. The molecule has 2 heterocycles. The molecule has 0 bridgehead atoms. The van der Waals surface area contributed by atoms with Crippen molar-refractivity contribution in [3.05, 3.63) is 66.1 Å². The summed E-state index contributed by atoms with van der Waals surface area (Å²) in [4.78, 5) is 12.0. The molecular weight excluding hydrogens is 364 g/mol. The third-order valence-corrected chi connectivity index (χ3v) is 4.36. The number of phenolic OH excluding ortho intramolecular Hbond substituents is 1. The first-order valence-corrected chi connectivity index (χ1v) is 8.77. The molecule has 1 aliphatic rings. The van der Waals surface area contributed by atoms with Crippen molar-refractivity contribution in [2.75, 3.05) is 0 Å². The molecule has 0 unspecified atom stereocenters. The maximum atomic E-state index is 12.0. The van der Waals surface area contributed by atoms with Crippen LogP contribution in [0.4, 0.5) is 0 Å². The number of amides is 1. The summed E-state index contributed by atoms with van der Waals surface area (Å²) in [6.07, 6.45) is 6.65. The minimum Gasteiger partial charge on any atom is -1.00 e. The van der Waals surface area contributed by atoms with Crippen molar-refractivity contribution in [2.24, 2.45) is 0 Å². The number of carbonyl (C=O) groups excluding carboxylic acids is 1. The zero-order valence-corrected chi connectivity index (χ0v) is 15.5. The molecule has 0 aliphatic heterocycles. The van der Waals surface area contributed by atoms with Crippen molar-refractivity contribution in [2.45, 2.75) is 31.8 Å². The van der Waals surface area contributed by atoms with Crippen LogP contribution < -0.4 is 22.3 Å². The second-order valence-electron chi connectivity index (χ2n) is 6.73. The molecule has 0 saturated heterocycles. The highest BCUT2D eigenvalue weighted by Crippen LogP contribution is 2.20. The van der Waals surface area contributed by atoms with Gasteiger partial charge in [-0.05, 0) is 42.7 Å². The van der Waals surface area contributed by atoms with Gasteiger partial charge in [-0.15, -0.1) is 0 Å². The lowest BCUT2D eigenvalue weighted by atomic mass is 10.1. The number of pyridine rings is 1. The summed E-state index contributed by atoms with van der Waals surface area (Å²) < 4.78 is 1.88. The average Bonchev–Trinajstić information content (AvgIpc) is 3.30. The SMILES string of the molecule is O=C(C[n+]1cccc(-c2cc(Cc3cccc(O)c3)n[nH]2)c1)NC1CC1.[Cl-]. The molecule has 140 valence electrons. The van der Waals surface area contributed by atoms with Gasteiger partial charge in [0.15, 0.2) is 12.4 Å². The Morgan fingerprint density at radius 2 is 2.11 bits per heavy atom. The zero-order valence-electron chi connectivity index (χ0n) is 14.7. The van der Waals surface area contributed by atoms with Crippen LogP contribution in [0.1, 0.15) is 24.1 Å². The van der Waals surface area contributed by atoms with Crippen LogP contribution in [-0.2, 0) is 17.8 Å². The molecule has 1 aromatic carbocycles. The van der Waals surface area contributed by atoms with Crippen LogP contribution in [0.15, 0.2) is 54.9 Å². The minimum absolute atomic E-state index is 0. The van der Waals surface area contributed by atoms with Crippen molar-refractivity contribution in [1.82, 2.24) is 15.5 Å². The van der Waals surface area contributed by atoms with E-state index in [-0.39, 0.29) is 24.1 Å². The van der Waals surface area contributed by atoms with Gasteiger partial charge in [-0.2, -0.15) is 9.67 Å². The highest BCUT2D eigenvalue weighted by Gasteiger charge is 2.24. The number of halogens is 1. The van der Waals surface area contributed by atoms with Crippen LogP contribution in [0.5, 0.6) is 5.75 Å². The summed E-state index contributed by atoms with van der Waals surface area (Å²) in [5.74, 6) is 0.302. The van der Waals surface area contributed by atoms with E-state index in [1.807, 2.05) is 47.3 Å². The summed E-state index contributed by atoms with van der Waals surface area (Å²) in [5.41, 5.74) is 3.77. The van der Waals surface area contributed by atoms with Gasteiger partial charge >= 0.3 is 0 Å². The molecular formula is C20H21ClN4O2. The van der Waals surface area contributed by atoms with E-state index in [4.69, 9.17) is 0 Å². The van der Waals surface area contributed by atoms with E-state index in [2.05, 4.69) is 15.5 Å². The first-order valence-electron chi connectivity index (χ1n) is 8.77. The first kappa shape index (κ1) is 18.9. The summed E-state index contributed by atoms with van der Waals surface area (Å²) in [5, 5.41) is 20.0. The average molecular weight is 385 g/mol. The number of nitrogens with one attached hydrogen (secondary N) is 2. The largest absolute Gasteiger partial charge is 1.00 e. The molecule has 3 N–H and O–H groups in total. The molecule has 6 nitrogen and oxygen atoms in total. The Hall–Kier alpha value is -2.86. The fourth-order valence-electron chi connectivity index (χ4n) is 2.92. The van der Waals surface area contributed by atoms with Gasteiger partial charge in [-0.3, -0.25) is 9.89 Å². The monoisotopic (exact) mass is 384 g/mol. The van der Waals surface area contributed by atoms with Crippen LogP contribution in [0, 0.1) is 0 Å². The van der Waals surface area contributed by atoms with Gasteiger partial charge in [-0.1, -0.05) is 12.1 Å². The number of hydrogen-bond donors (Lipinski definition) is 3. The highest BCUT2D eigenvalue weighted by molar-refractivity contribution is 5.75. The van der Waals surface area contributed by atoms with Crippen LogP contribution in [-0.4, -0.2) is 27.3 Å². The smallest absolute Gasteiger partial charge is 0.286 e. The predicted molar refractivity (Wildman–Crippen MR) is 96.3 cm³/mol. The number of carbonyl (C=O) groups is 1. The fraction of sp³-hybridized carbons (Fsp3) is 0.250. The van der Waals surface area contributed by atoms with E-state index in [1.54, 1.807) is 12.1 Å². The topological polar surface area (TPSA) is 81.9 Å². The normalized spacial score (nSPS) is 13.0. The van der Waals surface area contributed by atoms with Crippen molar-refractivity contribution in [1.29, 1.82) is 0 Å². The Morgan fingerprint density at radius 3 is 2.89 bits per heavy atom. The lowest BCUT2D eigenvalue weighted by Gasteiger charge is -2.01. The van der Waals surface area contributed by atoms with E-state index in [9.17, 15) is 9.90 Å². The van der Waals surface area contributed by atoms with E-state index in [0.29, 0.717) is 19.0 Å². The number of rotatable bonds is 6. The van der Waals surface area contributed by atoms with E-state index >= 15 is 0 Å². The number of aromatic nitrogens is 3. The Labute approximate surface area is 163 Å². The fourth-order valence-corrected chi connectivity index (χ4v) is 2.92. The van der Waals surface area contributed by atoms with Gasteiger partial charge in [0.05, 0.1) is 17.0 Å². The lowest BCUT2D eigenvalue weighted by molar-refractivity contribution is -0.684. The molecule has 0 spiro atoms. The number of H-pyrrole nitrogens is 1. The molecule has 7 heteroatoms. The second kappa shape index (κ2) is 8.22. The predicted octanol–water partition coefficient (Wildman–Crippen LogP) is -1.06. The molecule has 0 radical (unpaired) electrons. The van der Waals surface area contributed by atoms with Crippen molar-refractivity contribution in [3.8, 4) is 17.0 Å². The number of benzene rings is 1. The quantitative estimate of drug-likeness (QED) is 0.474. The maximum Gasteiger partial charge on any atom is 0.286 e. The number of aromatic amines is 1. The van der Waals surface area contributed by atoms with Crippen molar-refractivity contribution >= 4 is 5.91 Å². The Bertz CT molecular complexity index is 937. The molecule has 2 aromatic heterocycles. The molecule has 1 fully saturated rings. The molecule has 1 aliphatic carbocycles. The van der Waals surface area contributed by atoms with Crippen LogP contribution in [0.2, 0.25) is 0 Å².